The summed E-state index contributed by atoms with van der Waals surface area (Å²) in [6.45, 7) is 3.33. The number of benzene rings is 1. The van der Waals surface area contributed by atoms with Crippen molar-refractivity contribution in [2.45, 2.75) is 19.4 Å². The lowest BCUT2D eigenvalue weighted by Gasteiger charge is -2.32. The number of rotatable bonds is 7. The molecular formula is C19H23FN2O2S. The van der Waals surface area contributed by atoms with E-state index in [4.69, 9.17) is 4.74 Å². The van der Waals surface area contributed by atoms with Crippen LogP contribution in [-0.2, 0) is 11.3 Å². The highest BCUT2D eigenvalue weighted by molar-refractivity contribution is 7.09. The molecule has 134 valence electrons. The summed E-state index contributed by atoms with van der Waals surface area (Å²) in [5.41, 5.74) is 0. The first-order chi connectivity index (χ1) is 12.2. The molecule has 0 saturated carbocycles. The van der Waals surface area contributed by atoms with E-state index in [-0.39, 0.29) is 11.7 Å². The fourth-order valence-corrected chi connectivity index (χ4v) is 3.70. The van der Waals surface area contributed by atoms with Gasteiger partial charge in [0.15, 0.2) is 0 Å². The van der Waals surface area contributed by atoms with Gasteiger partial charge in [-0.1, -0.05) is 12.1 Å². The zero-order chi connectivity index (χ0) is 17.5. The predicted octanol–water partition coefficient (Wildman–Crippen LogP) is 3.29. The summed E-state index contributed by atoms with van der Waals surface area (Å²) in [4.78, 5) is 15.4. The van der Waals surface area contributed by atoms with E-state index in [0.717, 1.165) is 30.8 Å². The lowest BCUT2D eigenvalue weighted by atomic mass is 9.99. The number of carbonyl (C=O) groups is 1. The maximum absolute atomic E-state index is 13.2. The van der Waals surface area contributed by atoms with Gasteiger partial charge < -0.3 is 10.1 Å². The number of piperidine rings is 1. The average Bonchev–Trinajstić information content (AvgIpc) is 3.12. The molecule has 1 saturated heterocycles. The third-order valence-electron chi connectivity index (χ3n) is 4.29. The summed E-state index contributed by atoms with van der Waals surface area (Å²) >= 11 is 1.65. The second-order valence-corrected chi connectivity index (χ2v) is 7.40. The number of likely N-dealkylation sites (tertiary alicyclic amines) is 1. The van der Waals surface area contributed by atoms with Crippen LogP contribution in [0.3, 0.4) is 0 Å². The molecule has 0 spiro atoms. The van der Waals surface area contributed by atoms with Crippen molar-refractivity contribution >= 4 is 17.2 Å². The number of nitrogens with zero attached hydrogens (tertiary/aromatic N) is 1. The minimum atomic E-state index is -0.287. The Hall–Kier alpha value is -1.92. The highest BCUT2D eigenvalue weighted by atomic mass is 32.1. The molecule has 2 aromatic rings. The number of amides is 1. The molecule has 2 heterocycles. The van der Waals surface area contributed by atoms with Crippen LogP contribution in [0.15, 0.2) is 41.8 Å². The topological polar surface area (TPSA) is 41.6 Å². The molecule has 1 atom stereocenters. The highest BCUT2D eigenvalue weighted by Gasteiger charge is 2.22. The van der Waals surface area contributed by atoms with Crippen molar-refractivity contribution in [3.8, 4) is 5.75 Å². The predicted molar refractivity (Wildman–Crippen MR) is 97.2 cm³/mol. The van der Waals surface area contributed by atoms with Crippen LogP contribution in [0, 0.1) is 11.7 Å². The zero-order valence-corrected chi connectivity index (χ0v) is 14.9. The molecule has 1 amide bonds. The monoisotopic (exact) mass is 362 g/mol. The Bertz CT molecular complexity index is 678. The van der Waals surface area contributed by atoms with Crippen LogP contribution >= 0.6 is 11.3 Å². The fraction of sp³-hybridized carbons (Fsp3) is 0.421. The first-order valence-corrected chi connectivity index (χ1v) is 9.47. The molecular weight excluding hydrogens is 339 g/mol. The number of hydrogen-bond donors (Lipinski definition) is 1. The number of carbonyl (C=O) groups excluding carboxylic acids is 1. The Balaban J connectivity index is 1.40. The minimum absolute atomic E-state index is 0.0556. The van der Waals surface area contributed by atoms with Crippen LogP contribution in [0.1, 0.15) is 17.7 Å². The maximum atomic E-state index is 13.2. The average molecular weight is 362 g/mol. The molecule has 25 heavy (non-hydrogen) atoms. The van der Waals surface area contributed by atoms with E-state index in [9.17, 15) is 9.18 Å². The SMILES string of the molecule is O=C(CN1CCCC(COc2cccc(F)c2)C1)NCc1cccs1. The van der Waals surface area contributed by atoms with Crippen LogP contribution < -0.4 is 10.1 Å². The zero-order valence-electron chi connectivity index (χ0n) is 14.1. The molecule has 1 aromatic carbocycles. The van der Waals surface area contributed by atoms with Crippen LogP contribution in [0.5, 0.6) is 5.75 Å². The number of hydrogen-bond acceptors (Lipinski definition) is 4. The lowest BCUT2D eigenvalue weighted by molar-refractivity contribution is -0.122. The Morgan fingerprint density at radius 1 is 1.36 bits per heavy atom. The van der Waals surface area contributed by atoms with Crippen LogP contribution in [0.4, 0.5) is 4.39 Å². The van der Waals surface area contributed by atoms with Crippen molar-refractivity contribution in [1.82, 2.24) is 10.2 Å². The third-order valence-corrected chi connectivity index (χ3v) is 5.17. The van der Waals surface area contributed by atoms with Gasteiger partial charge in [0.2, 0.25) is 5.91 Å². The normalized spacial score (nSPS) is 18.0. The van der Waals surface area contributed by atoms with Gasteiger partial charge in [-0.2, -0.15) is 0 Å². The Morgan fingerprint density at radius 3 is 3.08 bits per heavy atom. The van der Waals surface area contributed by atoms with E-state index in [2.05, 4.69) is 10.2 Å². The minimum Gasteiger partial charge on any atom is -0.493 e. The van der Waals surface area contributed by atoms with Gasteiger partial charge in [-0.25, -0.2) is 4.39 Å². The van der Waals surface area contributed by atoms with Crippen molar-refractivity contribution in [1.29, 1.82) is 0 Å². The Labute approximate surface area is 151 Å². The molecule has 1 aliphatic rings. The molecule has 0 bridgehead atoms. The molecule has 1 aromatic heterocycles. The van der Waals surface area contributed by atoms with Gasteiger partial charge in [0, 0.05) is 23.4 Å². The summed E-state index contributed by atoms with van der Waals surface area (Å²) in [6, 6.07) is 10.2. The first-order valence-electron chi connectivity index (χ1n) is 8.59. The summed E-state index contributed by atoms with van der Waals surface area (Å²) in [5, 5.41) is 4.98. The highest BCUT2D eigenvalue weighted by Crippen LogP contribution is 2.19. The first kappa shape index (κ1) is 17.9. The molecule has 1 unspecified atom stereocenters. The second-order valence-electron chi connectivity index (χ2n) is 6.37. The quantitative estimate of drug-likeness (QED) is 0.822. The molecule has 3 rings (SSSR count). The third kappa shape index (κ3) is 5.83. The molecule has 6 heteroatoms. The van der Waals surface area contributed by atoms with Crippen LogP contribution in [-0.4, -0.2) is 37.0 Å². The second kappa shape index (κ2) is 8.97. The van der Waals surface area contributed by atoms with Crippen LogP contribution in [0.2, 0.25) is 0 Å². The smallest absolute Gasteiger partial charge is 0.234 e. The van der Waals surface area contributed by atoms with E-state index >= 15 is 0 Å². The fourth-order valence-electron chi connectivity index (χ4n) is 3.06. The van der Waals surface area contributed by atoms with Gasteiger partial charge in [0.1, 0.15) is 11.6 Å². The lowest BCUT2D eigenvalue weighted by Crippen LogP contribution is -2.43. The molecule has 0 aliphatic carbocycles. The van der Waals surface area contributed by atoms with Crippen molar-refractivity contribution in [3.63, 3.8) is 0 Å². The van der Waals surface area contributed by atoms with E-state index in [1.54, 1.807) is 23.5 Å². The molecule has 1 fully saturated rings. The summed E-state index contributed by atoms with van der Waals surface area (Å²) in [5.74, 6) is 0.693. The van der Waals surface area contributed by atoms with E-state index in [0.29, 0.717) is 31.4 Å². The summed E-state index contributed by atoms with van der Waals surface area (Å²) < 4.78 is 18.9. The molecule has 1 N–H and O–H groups in total. The van der Waals surface area contributed by atoms with E-state index < -0.39 is 0 Å². The molecule has 1 aliphatic heterocycles. The summed E-state index contributed by atoms with van der Waals surface area (Å²) in [6.07, 6.45) is 2.12. The maximum Gasteiger partial charge on any atom is 0.234 e. The number of thiophene rings is 1. The van der Waals surface area contributed by atoms with Crippen LogP contribution in [0.25, 0.3) is 0 Å². The number of nitrogens with one attached hydrogen (secondary N) is 1. The van der Waals surface area contributed by atoms with Gasteiger partial charge >= 0.3 is 0 Å². The molecule has 4 nitrogen and oxygen atoms in total. The van der Waals surface area contributed by atoms with Crippen molar-refractivity contribution in [2.24, 2.45) is 5.92 Å². The van der Waals surface area contributed by atoms with Crippen molar-refractivity contribution in [3.05, 3.63) is 52.5 Å². The number of halogens is 1. The van der Waals surface area contributed by atoms with Gasteiger partial charge in [-0.15, -0.1) is 11.3 Å². The Kier molecular flexibility index (Phi) is 6.42. The molecule has 0 radical (unpaired) electrons. The largest absolute Gasteiger partial charge is 0.493 e. The van der Waals surface area contributed by atoms with E-state index in [1.165, 1.54) is 12.1 Å². The van der Waals surface area contributed by atoms with Gasteiger partial charge in [-0.05, 0) is 43.0 Å². The van der Waals surface area contributed by atoms with Gasteiger partial charge in [0.25, 0.3) is 0 Å². The van der Waals surface area contributed by atoms with Crippen molar-refractivity contribution < 1.29 is 13.9 Å². The number of ether oxygens (including phenoxy) is 1. The van der Waals surface area contributed by atoms with Crippen molar-refractivity contribution in [2.75, 3.05) is 26.2 Å². The summed E-state index contributed by atoms with van der Waals surface area (Å²) in [7, 11) is 0. The standard InChI is InChI=1S/C19H23FN2O2S/c20-16-5-1-6-17(10-16)24-14-15-4-2-8-22(12-15)13-19(23)21-11-18-7-3-9-25-18/h1,3,5-7,9-10,15H,2,4,8,11-14H2,(H,21,23). The van der Waals surface area contributed by atoms with E-state index in [1.807, 2.05) is 17.5 Å². The Morgan fingerprint density at radius 2 is 2.28 bits per heavy atom. The van der Waals surface area contributed by atoms with Gasteiger partial charge in [0.05, 0.1) is 19.7 Å². The van der Waals surface area contributed by atoms with Gasteiger partial charge in [-0.3, -0.25) is 9.69 Å².